The third kappa shape index (κ3) is 7.43. The van der Waals surface area contributed by atoms with Gasteiger partial charge in [0.1, 0.15) is 12.4 Å². The number of carboxylic acids is 1. The van der Waals surface area contributed by atoms with E-state index in [0.29, 0.717) is 34.5 Å². The molecular formula is C37H36N4O8. The van der Waals surface area contributed by atoms with Crippen LogP contribution in [0, 0.1) is 17.0 Å². The van der Waals surface area contributed by atoms with E-state index in [2.05, 4.69) is 18.9 Å². The molecule has 5 rings (SSSR count). The summed E-state index contributed by atoms with van der Waals surface area (Å²) >= 11 is 0. The summed E-state index contributed by atoms with van der Waals surface area (Å²) in [5, 5.41) is 26.3. The fraction of sp³-hybridized carbons (Fsp3) is 0.243. The maximum absolute atomic E-state index is 13.9. The van der Waals surface area contributed by atoms with Crippen LogP contribution in [0.1, 0.15) is 66.2 Å². The summed E-state index contributed by atoms with van der Waals surface area (Å²) < 4.78 is 18.7. The molecule has 0 spiro atoms. The molecule has 0 saturated carbocycles. The number of benzene rings is 4. The Labute approximate surface area is 282 Å². The third-order valence-electron chi connectivity index (χ3n) is 7.73. The Morgan fingerprint density at radius 1 is 1.00 bits per heavy atom. The Morgan fingerprint density at radius 3 is 2.35 bits per heavy atom. The molecule has 0 radical (unpaired) electrons. The number of aryl methyl sites for hydroxylation is 1. The normalized spacial score (nSPS) is 11.3. The van der Waals surface area contributed by atoms with Gasteiger partial charge < -0.3 is 19.3 Å². The molecule has 1 N–H and O–H groups in total. The highest BCUT2D eigenvalue weighted by molar-refractivity contribution is 5.87. The minimum atomic E-state index is -1.07. The predicted octanol–water partition coefficient (Wildman–Crippen LogP) is 7.36. The summed E-state index contributed by atoms with van der Waals surface area (Å²) in [6.45, 7) is 10.3. The van der Waals surface area contributed by atoms with Crippen LogP contribution in [0.5, 0.6) is 17.2 Å². The smallest absolute Gasteiger partial charge is 0.335 e. The number of carbonyl (C=O) groups is 1. The fourth-order valence-electron chi connectivity index (χ4n) is 5.33. The number of aromatic nitrogens is 2. The van der Waals surface area contributed by atoms with Crippen LogP contribution >= 0.6 is 0 Å². The summed E-state index contributed by atoms with van der Waals surface area (Å²) in [7, 11) is 0. The van der Waals surface area contributed by atoms with E-state index in [4.69, 9.17) is 24.3 Å². The standard InChI is InChI=1S/C37H36N4O8/c1-6-47-32-16-23(5)29(19-28(32)22(3)4)35-39-30-11-9-8-10-27(30)36(42)40(35)38-20-25-17-31(41(45)46)34(33(18-25)48-7-2)49-21-24-12-14-26(15-13-24)37(43)44/h8-20,22H,6-7,21H2,1-5H3,(H,43,44). The number of carboxylic acid groups (broad SMARTS) is 1. The maximum atomic E-state index is 13.9. The third-order valence-corrected chi connectivity index (χ3v) is 7.73. The average Bonchev–Trinajstić information content (AvgIpc) is 3.07. The van der Waals surface area contributed by atoms with Crippen molar-refractivity contribution in [3.63, 3.8) is 0 Å². The highest BCUT2D eigenvalue weighted by atomic mass is 16.6. The van der Waals surface area contributed by atoms with E-state index in [-0.39, 0.29) is 47.4 Å². The second-order valence-corrected chi connectivity index (χ2v) is 11.5. The lowest BCUT2D eigenvalue weighted by Crippen LogP contribution is -2.21. The molecule has 0 aliphatic heterocycles. The van der Waals surface area contributed by atoms with Crippen molar-refractivity contribution in [2.45, 2.75) is 47.1 Å². The summed E-state index contributed by atoms with van der Waals surface area (Å²) in [5.41, 5.74) is 3.18. The van der Waals surface area contributed by atoms with Crippen molar-refractivity contribution in [1.82, 2.24) is 9.66 Å². The second-order valence-electron chi connectivity index (χ2n) is 11.5. The van der Waals surface area contributed by atoms with E-state index >= 15 is 0 Å². The molecule has 12 heteroatoms. The lowest BCUT2D eigenvalue weighted by Gasteiger charge is -2.18. The van der Waals surface area contributed by atoms with E-state index in [9.17, 15) is 19.7 Å². The first-order chi connectivity index (χ1) is 23.5. The fourth-order valence-corrected chi connectivity index (χ4v) is 5.33. The number of nitro benzene ring substituents is 1. The minimum absolute atomic E-state index is 0.0738. The van der Waals surface area contributed by atoms with Gasteiger partial charge >= 0.3 is 11.7 Å². The molecule has 49 heavy (non-hydrogen) atoms. The molecule has 0 bridgehead atoms. The zero-order valence-corrected chi connectivity index (χ0v) is 27.8. The lowest BCUT2D eigenvalue weighted by molar-refractivity contribution is -0.386. The summed E-state index contributed by atoms with van der Waals surface area (Å²) in [5.74, 6) is 0.120. The Kier molecular flexibility index (Phi) is 10.4. The number of fused-ring (bicyclic) bond motifs is 1. The van der Waals surface area contributed by atoms with E-state index < -0.39 is 16.5 Å². The molecule has 0 amide bonds. The van der Waals surface area contributed by atoms with E-state index in [0.717, 1.165) is 16.9 Å². The number of hydrogen-bond acceptors (Lipinski definition) is 9. The van der Waals surface area contributed by atoms with Crippen molar-refractivity contribution in [2.24, 2.45) is 5.10 Å². The first-order valence-electron chi connectivity index (χ1n) is 15.8. The average molecular weight is 665 g/mol. The van der Waals surface area contributed by atoms with Crippen LogP contribution in [-0.2, 0) is 6.61 Å². The zero-order chi connectivity index (χ0) is 35.2. The first kappa shape index (κ1) is 34.3. The van der Waals surface area contributed by atoms with Gasteiger partial charge in [0.15, 0.2) is 11.6 Å². The van der Waals surface area contributed by atoms with Crippen molar-refractivity contribution < 1.29 is 29.0 Å². The molecule has 1 aromatic heterocycles. The number of aromatic carboxylic acids is 1. The number of para-hydroxylation sites is 1. The van der Waals surface area contributed by atoms with Gasteiger partial charge in [0.25, 0.3) is 5.56 Å². The van der Waals surface area contributed by atoms with Gasteiger partial charge in [0, 0.05) is 17.2 Å². The van der Waals surface area contributed by atoms with Crippen LogP contribution in [0.3, 0.4) is 0 Å². The van der Waals surface area contributed by atoms with Gasteiger partial charge in [0.05, 0.1) is 40.8 Å². The van der Waals surface area contributed by atoms with Gasteiger partial charge in [-0.2, -0.15) is 9.78 Å². The number of nitro groups is 1. The van der Waals surface area contributed by atoms with Gasteiger partial charge in [-0.05, 0) is 85.8 Å². The summed E-state index contributed by atoms with van der Waals surface area (Å²) in [6, 6.07) is 19.7. The molecule has 0 unspecified atom stereocenters. The summed E-state index contributed by atoms with van der Waals surface area (Å²) in [4.78, 5) is 41.6. The number of hydrogen-bond donors (Lipinski definition) is 1. The topological polar surface area (TPSA) is 155 Å². The molecule has 0 aliphatic carbocycles. The molecule has 0 saturated heterocycles. The second kappa shape index (κ2) is 14.8. The van der Waals surface area contributed by atoms with Crippen molar-refractivity contribution in [3.05, 3.63) is 121 Å². The SMILES string of the molecule is CCOc1cc(C)c(-c2nc3ccccc3c(=O)n2N=Cc2cc(OCC)c(OCc3ccc(C(=O)O)cc3)c([N+](=O)[O-])c2)cc1C(C)C. The van der Waals surface area contributed by atoms with Gasteiger partial charge in [-0.15, -0.1) is 0 Å². The summed E-state index contributed by atoms with van der Waals surface area (Å²) in [6.07, 6.45) is 1.35. The lowest BCUT2D eigenvalue weighted by atomic mass is 9.96. The Morgan fingerprint density at radius 2 is 1.69 bits per heavy atom. The van der Waals surface area contributed by atoms with Crippen molar-refractivity contribution >= 4 is 28.8 Å². The Balaban J connectivity index is 1.61. The number of ether oxygens (including phenoxy) is 3. The van der Waals surface area contributed by atoms with Crippen LogP contribution in [0.25, 0.3) is 22.3 Å². The quantitative estimate of drug-likeness (QED) is 0.0772. The number of rotatable bonds is 13. The highest BCUT2D eigenvalue weighted by Gasteiger charge is 2.23. The highest BCUT2D eigenvalue weighted by Crippen LogP contribution is 2.39. The molecule has 0 fully saturated rings. The molecule has 4 aromatic carbocycles. The molecule has 12 nitrogen and oxygen atoms in total. The van der Waals surface area contributed by atoms with Gasteiger partial charge in [-0.25, -0.2) is 9.78 Å². The first-order valence-corrected chi connectivity index (χ1v) is 15.8. The van der Waals surface area contributed by atoms with Crippen LogP contribution < -0.4 is 19.8 Å². The van der Waals surface area contributed by atoms with E-state index in [1.807, 2.05) is 26.0 Å². The van der Waals surface area contributed by atoms with Gasteiger partial charge in [0.2, 0.25) is 5.75 Å². The van der Waals surface area contributed by atoms with Gasteiger partial charge in [-0.1, -0.05) is 38.1 Å². The Hall–Kier alpha value is -6.04. The van der Waals surface area contributed by atoms with Crippen LogP contribution in [0.4, 0.5) is 5.69 Å². The van der Waals surface area contributed by atoms with Gasteiger partial charge in [-0.3, -0.25) is 14.9 Å². The van der Waals surface area contributed by atoms with Crippen LogP contribution in [0.2, 0.25) is 0 Å². The van der Waals surface area contributed by atoms with Crippen molar-refractivity contribution in [1.29, 1.82) is 0 Å². The Bertz CT molecular complexity index is 2120. The predicted molar refractivity (Wildman–Crippen MR) is 186 cm³/mol. The van der Waals surface area contributed by atoms with Crippen molar-refractivity contribution in [2.75, 3.05) is 13.2 Å². The molecule has 5 aromatic rings. The molecule has 0 atom stereocenters. The van der Waals surface area contributed by atoms with E-state index in [1.54, 1.807) is 49.4 Å². The molecule has 0 aliphatic rings. The van der Waals surface area contributed by atoms with E-state index in [1.165, 1.54) is 29.1 Å². The van der Waals surface area contributed by atoms with Crippen LogP contribution in [0.15, 0.2) is 82.7 Å². The number of nitrogens with zero attached hydrogens (tertiary/aromatic N) is 4. The molecule has 1 heterocycles. The molecular weight excluding hydrogens is 628 g/mol. The minimum Gasteiger partial charge on any atom is -0.494 e. The maximum Gasteiger partial charge on any atom is 0.335 e. The largest absolute Gasteiger partial charge is 0.494 e. The van der Waals surface area contributed by atoms with Crippen LogP contribution in [-0.4, -0.2) is 45.1 Å². The van der Waals surface area contributed by atoms with Crippen molar-refractivity contribution in [3.8, 4) is 28.6 Å². The monoisotopic (exact) mass is 664 g/mol. The zero-order valence-electron chi connectivity index (χ0n) is 27.8. The molecule has 252 valence electrons.